The first kappa shape index (κ1) is 33.9. The minimum atomic E-state index is -3.94. The zero-order valence-electron chi connectivity index (χ0n) is 27.1. The summed E-state index contributed by atoms with van der Waals surface area (Å²) < 4.78 is 42.1. The van der Waals surface area contributed by atoms with Gasteiger partial charge in [-0.15, -0.1) is 0 Å². The number of amides is 3. The lowest BCUT2D eigenvalue weighted by Gasteiger charge is -2.36. The Morgan fingerprint density at radius 2 is 1.62 bits per heavy atom. The van der Waals surface area contributed by atoms with Crippen LogP contribution in [0.25, 0.3) is 10.9 Å². The van der Waals surface area contributed by atoms with Crippen LogP contribution in [0.1, 0.15) is 94.0 Å². The number of nitrogens with one attached hydrogen (secondary N) is 3. The molecule has 6 rings (SSSR count). The van der Waals surface area contributed by atoms with Gasteiger partial charge in [0.1, 0.15) is 18.4 Å². The number of hydrogen-bond donors (Lipinski definition) is 4. The van der Waals surface area contributed by atoms with Crippen LogP contribution in [0, 0.1) is 23.7 Å². The third kappa shape index (κ3) is 7.51. The van der Waals surface area contributed by atoms with Crippen LogP contribution in [0.4, 0.5) is 10.1 Å². The number of carbonyl (C=O) groups excluding carboxylic acids is 3. The van der Waals surface area contributed by atoms with Crippen LogP contribution in [-0.4, -0.2) is 78.7 Å². The summed E-state index contributed by atoms with van der Waals surface area (Å²) in [6.45, 7) is 0.780. The van der Waals surface area contributed by atoms with Gasteiger partial charge in [0, 0.05) is 48.2 Å². The standard InChI is InChI=1S/C34H49FN6O5S/c35-21-28(36)23-9-11-24(12-10-23)34(44)41-18-15-27(22-7-3-1-4-8-22)31(41)33(43)37-26-13-14-29-25(19-26)20-30(38-29)32(42)39-47(45,46)40-16-5-2-6-17-40/h13-14,19-20,22-24,27-28,31,38H,1-12,15-18,21,36H2,(H,37,43)(H,39,42)/t23?,24?,27-,28+,31-/m0/s1. The topological polar surface area (TPSA) is 158 Å². The number of rotatable bonds is 9. The zero-order valence-corrected chi connectivity index (χ0v) is 27.9. The number of alkyl halides is 1. The highest BCUT2D eigenvalue weighted by atomic mass is 32.2. The van der Waals surface area contributed by atoms with Gasteiger partial charge < -0.3 is 20.9 Å². The lowest BCUT2D eigenvalue weighted by Crippen LogP contribution is -2.50. The largest absolute Gasteiger partial charge is 0.350 e. The van der Waals surface area contributed by atoms with Crippen LogP contribution in [-0.2, 0) is 19.8 Å². The summed E-state index contributed by atoms with van der Waals surface area (Å²) >= 11 is 0. The second kappa shape index (κ2) is 14.6. The van der Waals surface area contributed by atoms with Crippen LogP contribution in [0.5, 0.6) is 0 Å². The van der Waals surface area contributed by atoms with E-state index in [-0.39, 0.29) is 35.3 Å². The molecule has 2 aliphatic carbocycles. The molecule has 47 heavy (non-hydrogen) atoms. The molecule has 3 atom stereocenters. The zero-order chi connectivity index (χ0) is 33.1. The van der Waals surface area contributed by atoms with Crippen molar-refractivity contribution in [3.05, 3.63) is 30.0 Å². The monoisotopic (exact) mass is 672 g/mol. The second-order valence-corrected chi connectivity index (χ2v) is 15.8. The number of H-pyrrole nitrogens is 1. The van der Waals surface area contributed by atoms with Crippen molar-refractivity contribution in [3.63, 3.8) is 0 Å². The highest BCUT2D eigenvalue weighted by molar-refractivity contribution is 7.87. The van der Waals surface area contributed by atoms with Gasteiger partial charge in [0.2, 0.25) is 11.8 Å². The van der Waals surface area contributed by atoms with E-state index in [0.717, 1.165) is 64.2 Å². The third-order valence-corrected chi connectivity index (χ3v) is 12.7. The predicted molar refractivity (Wildman–Crippen MR) is 178 cm³/mol. The normalized spacial score (nSPS) is 27.1. The summed E-state index contributed by atoms with van der Waals surface area (Å²) in [5.41, 5.74) is 7.23. The molecule has 258 valence electrons. The molecule has 11 nitrogen and oxygen atoms in total. The van der Waals surface area contributed by atoms with Crippen LogP contribution in [0.2, 0.25) is 0 Å². The van der Waals surface area contributed by atoms with Gasteiger partial charge in [0.25, 0.3) is 5.91 Å². The molecule has 0 radical (unpaired) electrons. The average molecular weight is 673 g/mol. The lowest BCUT2D eigenvalue weighted by molar-refractivity contribution is -0.142. The minimum Gasteiger partial charge on any atom is -0.350 e. The molecular weight excluding hydrogens is 623 g/mol. The SMILES string of the molecule is N[C@H](CF)C1CCC(C(=O)N2CC[C@@H](C3CCCCC3)[C@H]2C(=O)Nc2ccc3[nH]c(C(=O)NS(=O)(=O)N4CCCCC4)cc3c2)CC1. The van der Waals surface area contributed by atoms with Crippen molar-refractivity contribution in [2.75, 3.05) is 31.6 Å². The molecular formula is C34H49FN6O5S. The molecule has 2 aromatic rings. The maximum atomic E-state index is 14.1. The molecule has 4 fully saturated rings. The molecule has 2 saturated heterocycles. The van der Waals surface area contributed by atoms with E-state index >= 15 is 0 Å². The number of fused-ring (bicyclic) bond motifs is 1. The Balaban J connectivity index is 1.16. The van der Waals surface area contributed by atoms with E-state index in [1.54, 1.807) is 24.3 Å². The number of piperidine rings is 1. The van der Waals surface area contributed by atoms with Gasteiger partial charge in [-0.1, -0.05) is 38.5 Å². The van der Waals surface area contributed by atoms with Crippen molar-refractivity contribution in [2.45, 2.75) is 95.6 Å². The van der Waals surface area contributed by atoms with Crippen molar-refractivity contribution < 1.29 is 27.2 Å². The quantitative estimate of drug-likeness (QED) is 0.308. The van der Waals surface area contributed by atoms with Crippen molar-refractivity contribution in [1.82, 2.24) is 18.9 Å². The number of benzene rings is 1. The van der Waals surface area contributed by atoms with Crippen LogP contribution < -0.4 is 15.8 Å². The molecule has 3 amide bonds. The Labute approximate surface area is 276 Å². The average Bonchev–Trinajstić information content (AvgIpc) is 3.73. The van der Waals surface area contributed by atoms with Gasteiger partial charge in [0.05, 0.1) is 0 Å². The van der Waals surface area contributed by atoms with Crippen molar-refractivity contribution >= 4 is 44.5 Å². The molecule has 2 aliphatic heterocycles. The first-order chi connectivity index (χ1) is 22.6. The number of nitrogens with zero attached hydrogens (tertiary/aromatic N) is 2. The number of anilines is 1. The van der Waals surface area contributed by atoms with E-state index in [4.69, 9.17) is 5.73 Å². The van der Waals surface area contributed by atoms with Gasteiger partial charge in [-0.3, -0.25) is 14.4 Å². The first-order valence-electron chi connectivity index (χ1n) is 17.5. The van der Waals surface area contributed by atoms with Crippen LogP contribution in [0.15, 0.2) is 24.3 Å². The Bertz CT molecular complexity index is 1550. The minimum absolute atomic E-state index is 0.0203. The molecule has 2 saturated carbocycles. The van der Waals surface area contributed by atoms with E-state index in [1.165, 1.54) is 10.7 Å². The number of halogens is 1. The molecule has 1 aromatic carbocycles. The van der Waals surface area contributed by atoms with Gasteiger partial charge >= 0.3 is 10.2 Å². The number of aromatic amines is 1. The molecule has 13 heteroatoms. The van der Waals surface area contributed by atoms with Crippen LogP contribution in [0.3, 0.4) is 0 Å². The molecule has 5 N–H and O–H groups in total. The van der Waals surface area contributed by atoms with Crippen molar-refractivity contribution in [2.24, 2.45) is 29.4 Å². The molecule has 4 aliphatic rings. The molecule has 1 aromatic heterocycles. The summed E-state index contributed by atoms with van der Waals surface area (Å²) in [4.78, 5) is 45.7. The summed E-state index contributed by atoms with van der Waals surface area (Å²) in [5, 5.41) is 3.72. The number of hydrogen-bond acceptors (Lipinski definition) is 6. The first-order valence-corrected chi connectivity index (χ1v) is 19.0. The summed E-state index contributed by atoms with van der Waals surface area (Å²) in [7, 11) is -3.94. The second-order valence-electron chi connectivity index (χ2n) is 14.1. The van der Waals surface area contributed by atoms with Gasteiger partial charge in [-0.05, 0) is 87.0 Å². The molecule has 0 spiro atoms. The maximum absolute atomic E-state index is 14.1. The molecule has 0 bridgehead atoms. The number of likely N-dealkylation sites (tertiary alicyclic amines) is 1. The lowest BCUT2D eigenvalue weighted by atomic mass is 9.76. The van der Waals surface area contributed by atoms with E-state index < -0.39 is 34.9 Å². The van der Waals surface area contributed by atoms with E-state index in [2.05, 4.69) is 15.0 Å². The van der Waals surface area contributed by atoms with Gasteiger partial charge in [-0.25, -0.2) is 9.11 Å². The fourth-order valence-corrected chi connectivity index (χ4v) is 9.71. The molecule has 3 heterocycles. The Morgan fingerprint density at radius 3 is 2.32 bits per heavy atom. The molecule has 0 unspecified atom stereocenters. The van der Waals surface area contributed by atoms with E-state index in [0.29, 0.717) is 55.0 Å². The number of nitrogens with two attached hydrogens (primary N) is 1. The predicted octanol–water partition coefficient (Wildman–Crippen LogP) is 4.47. The Kier molecular flexibility index (Phi) is 10.5. The van der Waals surface area contributed by atoms with Crippen molar-refractivity contribution in [3.8, 4) is 0 Å². The smallest absolute Gasteiger partial charge is 0.304 e. The van der Waals surface area contributed by atoms with Crippen LogP contribution >= 0.6 is 0 Å². The van der Waals surface area contributed by atoms with Gasteiger partial charge in [0.15, 0.2) is 0 Å². The van der Waals surface area contributed by atoms with Crippen molar-refractivity contribution in [1.29, 1.82) is 0 Å². The Hall–Kier alpha value is -3.03. The summed E-state index contributed by atoms with van der Waals surface area (Å²) in [5.74, 6) is -0.544. The number of carbonyl (C=O) groups is 3. The number of aromatic nitrogens is 1. The fourth-order valence-electron chi connectivity index (χ4n) is 8.50. The summed E-state index contributed by atoms with van der Waals surface area (Å²) in [6.07, 6.45) is 11.7. The fraction of sp³-hybridized carbons (Fsp3) is 0.676. The maximum Gasteiger partial charge on any atom is 0.304 e. The Morgan fingerprint density at radius 1 is 0.915 bits per heavy atom. The highest BCUT2D eigenvalue weighted by Crippen LogP contribution is 2.41. The third-order valence-electron chi connectivity index (χ3n) is 11.2. The summed E-state index contributed by atoms with van der Waals surface area (Å²) in [6, 6.07) is 5.77. The highest BCUT2D eigenvalue weighted by Gasteiger charge is 2.47. The van der Waals surface area contributed by atoms with E-state index in [9.17, 15) is 27.2 Å². The van der Waals surface area contributed by atoms with Gasteiger partial charge in [-0.2, -0.15) is 12.7 Å². The van der Waals surface area contributed by atoms with E-state index in [1.807, 2.05) is 4.90 Å².